The van der Waals surface area contributed by atoms with Crippen LogP contribution in [-0.2, 0) is 21.4 Å². The van der Waals surface area contributed by atoms with E-state index in [0.29, 0.717) is 13.0 Å². The molecule has 18 heavy (non-hydrogen) atoms. The lowest BCUT2D eigenvalue weighted by molar-refractivity contribution is -0.147. The van der Waals surface area contributed by atoms with Crippen LogP contribution in [-0.4, -0.2) is 23.8 Å². The van der Waals surface area contributed by atoms with Crippen LogP contribution in [0.2, 0.25) is 0 Å². The number of aryl methyl sites for hydroxylation is 1. The van der Waals surface area contributed by atoms with Crippen molar-refractivity contribution in [3.05, 3.63) is 35.4 Å². The van der Waals surface area contributed by atoms with Gasteiger partial charge in [-0.15, -0.1) is 0 Å². The fourth-order valence-corrected chi connectivity index (χ4v) is 4.49. The van der Waals surface area contributed by atoms with E-state index in [1.807, 2.05) is 12.1 Å². The van der Waals surface area contributed by atoms with Crippen LogP contribution < -0.4 is 0 Å². The van der Waals surface area contributed by atoms with Gasteiger partial charge in [-0.3, -0.25) is 4.79 Å². The fraction of sp³-hybridized carbons (Fsp3) is 0.533. The molecule has 0 amide bonds. The molecule has 94 valence electrons. The van der Waals surface area contributed by atoms with Crippen molar-refractivity contribution in [3.8, 4) is 0 Å². The quantitative estimate of drug-likeness (QED) is 0.705. The van der Waals surface area contributed by atoms with Crippen LogP contribution in [0.4, 0.5) is 0 Å². The summed E-state index contributed by atoms with van der Waals surface area (Å²) in [6.07, 6.45) is 2.76. The number of aliphatic hydroxyl groups is 1. The predicted molar refractivity (Wildman–Crippen MR) is 65.1 cm³/mol. The third kappa shape index (κ3) is 0.914. The monoisotopic (exact) mass is 244 g/mol. The molecule has 1 N–H and O–H groups in total. The summed E-state index contributed by atoms with van der Waals surface area (Å²) >= 11 is 0. The molecule has 2 aliphatic carbocycles. The molecule has 4 rings (SSSR count). The van der Waals surface area contributed by atoms with Crippen LogP contribution >= 0.6 is 0 Å². The Morgan fingerprint density at radius 2 is 2.11 bits per heavy atom. The van der Waals surface area contributed by atoms with Crippen molar-refractivity contribution in [3.63, 3.8) is 0 Å². The number of cyclic esters (lactones) is 1. The van der Waals surface area contributed by atoms with Gasteiger partial charge in [0.25, 0.3) is 0 Å². The van der Waals surface area contributed by atoms with Gasteiger partial charge in [0.2, 0.25) is 0 Å². The molecule has 1 aromatic rings. The van der Waals surface area contributed by atoms with Gasteiger partial charge in [0.05, 0.1) is 16.9 Å². The van der Waals surface area contributed by atoms with Gasteiger partial charge in [-0.25, -0.2) is 0 Å². The second-order valence-corrected chi connectivity index (χ2v) is 5.84. The Kier molecular flexibility index (Phi) is 1.85. The lowest BCUT2D eigenvalue weighted by Gasteiger charge is -2.43. The normalized spacial score (nSPS) is 40.9. The SMILES string of the molecule is O=C1OC[C@]23c4ccccc4CC[C@]12CC[C@@H]3O. The van der Waals surface area contributed by atoms with Crippen molar-refractivity contribution in [2.24, 2.45) is 5.41 Å². The molecule has 0 bridgehead atoms. The Hall–Kier alpha value is -1.35. The number of benzene rings is 1. The molecule has 0 unspecified atom stereocenters. The number of carbonyl (C=O) groups is 1. The zero-order valence-corrected chi connectivity index (χ0v) is 10.2. The van der Waals surface area contributed by atoms with E-state index in [9.17, 15) is 9.90 Å². The standard InChI is InChI=1S/C15H16O3/c16-12-6-8-14-7-5-10-3-1-2-4-11(10)15(12,14)9-18-13(14)17/h1-4,12,16H,5-9H2/t12-,14-,15+/m0/s1. The summed E-state index contributed by atoms with van der Waals surface area (Å²) in [6, 6.07) is 8.21. The van der Waals surface area contributed by atoms with E-state index >= 15 is 0 Å². The molecule has 0 spiro atoms. The van der Waals surface area contributed by atoms with E-state index < -0.39 is 16.9 Å². The number of ether oxygens (including phenoxy) is 1. The number of carbonyl (C=O) groups excluding carboxylic acids is 1. The summed E-state index contributed by atoms with van der Waals surface area (Å²) in [5, 5.41) is 10.5. The lowest BCUT2D eigenvalue weighted by atomic mass is 9.56. The van der Waals surface area contributed by atoms with E-state index in [1.54, 1.807) is 0 Å². The summed E-state index contributed by atoms with van der Waals surface area (Å²) in [5.41, 5.74) is 1.49. The van der Waals surface area contributed by atoms with Gasteiger partial charge in [-0.1, -0.05) is 24.3 Å². The molecule has 1 heterocycles. The molecule has 1 aromatic carbocycles. The summed E-state index contributed by atoms with van der Waals surface area (Å²) in [4.78, 5) is 12.2. The van der Waals surface area contributed by atoms with E-state index in [4.69, 9.17) is 4.74 Å². The molecular weight excluding hydrogens is 228 g/mol. The molecule has 3 nitrogen and oxygen atoms in total. The maximum atomic E-state index is 12.2. The van der Waals surface area contributed by atoms with Crippen molar-refractivity contribution >= 4 is 5.97 Å². The molecule has 1 saturated heterocycles. The highest BCUT2D eigenvalue weighted by atomic mass is 16.5. The first-order chi connectivity index (χ1) is 8.71. The average molecular weight is 244 g/mol. The molecular formula is C15H16O3. The summed E-state index contributed by atoms with van der Waals surface area (Å²) in [5.74, 6) is -0.0893. The summed E-state index contributed by atoms with van der Waals surface area (Å²) in [6.45, 7) is 0.351. The van der Waals surface area contributed by atoms with Gasteiger partial charge in [-0.2, -0.15) is 0 Å². The Balaban J connectivity index is 2.02. The van der Waals surface area contributed by atoms with Crippen LogP contribution in [0.25, 0.3) is 0 Å². The predicted octanol–water partition coefficient (Wildman–Crippen LogP) is 1.57. The number of aliphatic hydroxyl groups excluding tert-OH is 1. The largest absolute Gasteiger partial charge is 0.464 e. The molecule has 2 fully saturated rings. The molecule has 3 atom stereocenters. The highest BCUT2D eigenvalue weighted by Gasteiger charge is 2.71. The molecule has 0 radical (unpaired) electrons. The van der Waals surface area contributed by atoms with Crippen molar-refractivity contribution in [1.82, 2.24) is 0 Å². The van der Waals surface area contributed by atoms with Crippen molar-refractivity contribution in [2.45, 2.75) is 37.2 Å². The second kappa shape index (κ2) is 3.15. The first-order valence-electron chi connectivity index (χ1n) is 6.64. The minimum absolute atomic E-state index is 0.0893. The van der Waals surface area contributed by atoms with E-state index in [-0.39, 0.29) is 5.97 Å². The number of rotatable bonds is 0. The molecule has 3 heteroatoms. The first kappa shape index (κ1) is 10.6. The van der Waals surface area contributed by atoms with E-state index in [0.717, 1.165) is 24.8 Å². The summed E-state index contributed by atoms with van der Waals surface area (Å²) in [7, 11) is 0. The van der Waals surface area contributed by atoms with Crippen molar-refractivity contribution < 1.29 is 14.6 Å². The van der Waals surface area contributed by atoms with Gasteiger partial charge >= 0.3 is 5.97 Å². The van der Waals surface area contributed by atoms with Crippen molar-refractivity contribution in [2.75, 3.05) is 6.61 Å². The third-order valence-corrected chi connectivity index (χ3v) is 5.41. The topological polar surface area (TPSA) is 46.5 Å². The zero-order valence-electron chi connectivity index (χ0n) is 10.2. The van der Waals surface area contributed by atoms with Gasteiger partial charge in [0, 0.05) is 0 Å². The van der Waals surface area contributed by atoms with Crippen LogP contribution in [0.15, 0.2) is 24.3 Å². The van der Waals surface area contributed by atoms with Crippen LogP contribution in [0.1, 0.15) is 30.4 Å². The van der Waals surface area contributed by atoms with E-state index in [2.05, 4.69) is 12.1 Å². The maximum Gasteiger partial charge on any atom is 0.313 e. The minimum Gasteiger partial charge on any atom is -0.464 e. The minimum atomic E-state index is -0.473. The molecule has 1 saturated carbocycles. The second-order valence-electron chi connectivity index (χ2n) is 5.84. The number of hydrogen-bond donors (Lipinski definition) is 1. The Morgan fingerprint density at radius 3 is 3.00 bits per heavy atom. The van der Waals surface area contributed by atoms with Gasteiger partial charge in [0.15, 0.2) is 0 Å². The number of esters is 1. The lowest BCUT2D eigenvalue weighted by Crippen LogP contribution is -2.51. The fourth-order valence-electron chi connectivity index (χ4n) is 4.49. The van der Waals surface area contributed by atoms with Crippen LogP contribution in [0.5, 0.6) is 0 Å². The Bertz CT molecular complexity index is 538. The molecule has 1 aliphatic heterocycles. The van der Waals surface area contributed by atoms with Crippen LogP contribution in [0, 0.1) is 5.41 Å². The third-order valence-electron chi connectivity index (χ3n) is 5.41. The van der Waals surface area contributed by atoms with Gasteiger partial charge < -0.3 is 9.84 Å². The van der Waals surface area contributed by atoms with Gasteiger partial charge in [-0.05, 0) is 36.8 Å². The highest BCUT2D eigenvalue weighted by molar-refractivity contribution is 5.84. The van der Waals surface area contributed by atoms with E-state index in [1.165, 1.54) is 5.56 Å². The Labute approximate surface area is 106 Å². The average Bonchev–Trinajstić information content (AvgIpc) is 2.87. The zero-order chi connectivity index (χ0) is 12.4. The smallest absolute Gasteiger partial charge is 0.313 e. The summed E-state index contributed by atoms with van der Waals surface area (Å²) < 4.78 is 5.38. The Morgan fingerprint density at radius 1 is 1.28 bits per heavy atom. The first-order valence-corrected chi connectivity index (χ1v) is 6.64. The maximum absolute atomic E-state index is 12.2. The number of hydrogen-bond acceptors (Lipinski definition) is 3. The van der Waals surface area contributed by atoms with Gasteiger partial charge in [0.1, 0.15) is 6.61 Å². The molecule has 0 aromatic heterocycles. The van der Waals surface area contributed by atoms with Crippen molar-refractivity contribution in [1.29, 1.82) is 0 Å². The highest BCUT2D eigenvalue weighted by Crippen LogP contribution is 2.63. The van der Waals surface area contributed by atoms with Crippen LogP contribution in [0.3, 0.4) is 0 Å². The molecule has 3 aliphatic rings. The number of fused-ring (bicyclic) bond motifs is 1.